The lowest BCUT2D eigenvalue weighted by atomic mass is 9.99. The van der Waals surface area contributed by atoms with Crippen molar-refractivity contribution in [3.8, 4) is 11.1 Å². The second-order valence-electron chi connectivity index (χ2n) is 11.4. The molecule has 4 N–H and O–H groups in total. The normalized spacial score (nSPS) is 17.6. The third kappa shape index (κ3) is 10.4. The molecule has 0 bridgehead atoms. The zero-order chi connectivity index (χ0) is 32.8. The van der Waals surface area contributed by atoms with Gasteiger partial charge in [0.25, 0.3) is 0 Å². The summed E-state index contributed by atoms with van der Waals surface area (Å²) in [5, 5.41) is 21.8. The van der Waals surface area contributed by atoms with Crippen LogP contribution in [-0.2, 0) is 32.2 Å². The smallest absolute Gasteiger partial charge is 0.243 e. The molecule has 10 nitrogen and oxygen atoms in total. The van der Waals surface area contributed by atoms with E-state index in [1.54, 1.807) is 35.7 Å². The van der Waals surface area contributed by atoms with Gasteiger partial charge in [-0.05, 0) is 58.9 Å². The number of rotatable bonds is 15. The molecule has 3 atom stereocenters. The summed E-state index contributed by atoms with van der Waals surface area (Å²) in [6.45, 7) is 0.401. The molecule has 246 valence electrons. The molecule has 0 aliphatic carbocycles. The van der Waals surface area contributed by atoms with Crippen LogP contribution in [0.5, 0.6) is 0 Å². The summed E-state index contributed by atoms with van der Waals surface area (Å²) >= 11 is 1.56. The SMILES string of the molecule is O=C(CCCCCC(=O)NCc1cccc(-c2cccc([C@@H]3O[C@H](CSc4ncccn4)C[C@H](c4ccc(CO)cc4)O3)c2)c1)NO. The number of aliphatic hydroxyl groups excluding tert-OH is 1. The summed E-state index contributed by atoms with van der Waals surface area (Å²) in [4.78, 5) is 32.2. The van der Waals surface area contributed by atoms with Gasteiger partial charge in [0.1, 0.15) is 0 Å². The first kappa shape index (κ1) is 34.2. The number of nitrogens with zero attached hydrogens (tertiary/aromatic N) is 2. The molecular weight excluding hydrogens is 616 g/mol. The van der Waals surface area contributed by atoms with Crippen LogP contribution in [0.4, 0.5) is 0 Å². The van der Waals surface area contributed by atoms with Gasteiger partial charge < -0.3 is 19.9 Å². The lowest BCUT2D eigenvalue weighted by Crippen LogP contribution is -2.31. The van der Waals surface area contributed by atoms with Crippen molar-refractivity contribution >= 4 is 23.6 Å². The fourth-order valence-corrected chi connectivity index (χ4v) is 6.19. The predicted molar refractivity (Wildman–Crippen MR) is 178 cm³/mol. The van der Waals surface area contributed by atoms with Crippen molar-refractivity contribution in [2.45, 2.75) is 75.3 Å². The third-order valence-electron chi connectivity index (χ3n) is 7.90. The van der Waals surface area contributed by atoms with Crippen molar-refractivity contribution in [3.05, 3.63) is 114 Å². The molecule has 0 saturated carbocycles. The Kier molecular flexibility index (Phi) is 12.9. The van der Waals surface area contributed by atoms with Crippen LogP contribution in [-0.4, -0.2) is 44.0 Å². The van der Waals surface area contributed by atoms with E-state index in [0.29, 0.717) is 43.1 Å². The summed E-state index contributed by atoms with van der Waals surface area (Å²) in [7, 11) is 0. The number of carbonyl (C=O) groups excluding carboxylic acids is 2. The van der Waals surface area contributed by atoms with E-state index in [2.05, 4.69) is 27.4 Å². The van der Waals surface area contributed by atoms with Crippen LogP contribution >= 0.6 is 11.8 Å². The molecule has 0 spiro atoms. The molecule has 1 aliphatic heterocycles. The van der Waals surface area contributed by atoms with E-state index in [-0.39, 0.29) is 31.1 Å². The summed E-state index contributed by atoms with van der Waals surface area (Å²) in [6.07, 6.45) is 5.90. The van der Waals surface area contributed by atoms with Crippen LogP contribution in [0.3, 0.4) is 0 Å². The first-order valence-electron chi connectivity index (χ1n) is 15.8. The van der Waals surface area contributed by atoms with Crippen LogP contribution < -0.4 is 10.8 Å². The van der Waals surface area contributed by atoms with Crippen LogP contribution in [0.25, 0.3) is 11.1 Å². The predicted octanol–water partition coefficient (Wildman–Crippen LogP) is 6.05. The summed E-state index contributed by atoms with van der Waals surface area (Å²) in [6, 6.07) is 25.9. The van der Waals surface area contributed by atoms with Gasteiger partial charge in [-0.2, -0.15) is 0 Å². The molecule has 5 rings (SSSR count). The average molecular weight is 657 g/mol. The Morgan fingerprint density at radius 1 is 0.809 bits per heavy atom. The molecule has 2 amide bonds. The van der Waals surface area contributed by atoms with Crippen molar-refractivity contribution < 1.29 is 29.4 Å². The standard InChI is InChI=1S/C36H40N4O6S/c41-23-25-13-15-27(16-14-25)32-21-31(24-47-36-37-17-6-18-38-36)45-35(46-32)30-10-5-9-29(20-30)28-8-4-7-26(19-28)22-39-33(42)11-2-1-3-12-34(43)40-44/h4-10,13-20,31-32,35,41,44H,1-3,11-12,21-24H2,(H,39,42)(H,40,43)/t31-,32+,35+/m0/s1. The number of thioether (sulfide) groups is 1. The van der Waals surface area contributed by atoms with Gasteiger partial charge in [-0.15, -0.1) is 0 Å². The van der Waals surface area contributed by atoms with Crippen molar-refractivity contribution in [2.75, 3.05) is 5.75 Å². The number of hydrogen-bond donors (Lipinski definition) is 4. The molecule has 1 fully saturated rings. The molecule has 1 aromatic heterocycles. The largest absolute Gasteiger partial charge is 0.392 e. The Bertz CT molecular complexity index is 1590. The number of aromatic nitrogens is 2. The van der Waals surface area contributed by atoms with E-state index in [1.165, 1.54) is 0 Å². The number of hydroxylamine groups is 1. The van der Waals surface area contributed by atoms with Gasteiger partial charge in [0, 0.05) is 49.5 Å². The number of carbonyl (C=O) groups is 2. The van der Waals surface area contributed by atoms with E-state index >= 15 is 0 Å². The molecule has 4 aromatic rings. The second-order valence-corrected chi connectivity index (χ2v) is 12.4. The average Bonchev–Trinajstić information content (AvgIpc) is 3.13. The van der Waals surface area contributed by atoms with Crippen LogP contribution in [0.1, 0.15) is 73.2 Å². The van der Waals surface area contributed by atoms with Crippen molar-refractivity contribution in [1.82, 2.24) is 20.8 Å². The molecule has 1 saturated heterocycles. The summed E-state index contributed by atoms with van der Waals surface area (Å²) in [5.41, 5.74) is 7.41. The molecular formula is C36H40N4O6S. The summed E-state index contributed by atoms with van der Waals surface area (Å²) < 4.78 is 13.1. The fraction of sp³-hybridized carbons (Fsp3) is 0.333. The Balaban J connectivity index is 1.24. The van der Waals surface area contributed by atoms with Gasteiger partial charge in [0.15, 0.2) is 11.4 Å². The first-order chi connectivity index (χ1) is 23.0. The van der Waals surface area contributed by atoms with E-state index in [1.807, 2.05) is 60.7 Å². The minimum absolute atomic E-state index is 0.0106. The number of nitrogens with one attached hydrogen (secondary N) is 2. The van der Waals surface area contributed by atoms with E-state index in [0.717, 1.165) is 39.8 Å². The molecule has 47 heavy (non-hydrogen) atoms. The highest BCUT2D eigenvalue weighted by atomic mass is 32.2. The highest BCUT2D eigenvalue weighted by molar-refractivity contribution is 7.99. The van der Waals surface area contributed by atoms with Gasteiger partial charge >= 0.3 is 0 Å². The van der Waals surface area contributed by atoms with Gasteiger partial charge in [0.05, 0.1) is 18.8 Å². The van der Waals surface area contributed by atoms with Gasteiger partial charge in [0.2, 0.25) is 11.8 Å². The topological polar surface area (TPSA) is 143 Å². The molecule has 0 unspecified atom stereocenters. The first-order valence-corrected chi connectivity index (χ1v) is 16.8. The maximum atomic E-state index is 12.4. The minimum atomic E-state index is -0.589. The number of unbranched alkanes of at least 4 members (excludes halogenated alkanes) is 2. The second kappa shape index (κ2) is 17.7. The number of hydrogen-bond acceptors (Lipinski definition) is 9. The molecule has 1 aliphatic rings. The quantitative estimate of drug-likeness (QED) is 0.0396. The van der Waals surface area contributed by atoms with Gasteiger partial charge in [-0.1, -0.05) is 78.8 Å². The number of amides is 2. The number of ether oxygens (including phenoxy) is 2. The van der Waals surface area contributed by atoms with Crippen LogP contribution in [0, 0.1) is 0 Å². The maximum Gasteiger partial charge on any atom is 0.243 e. The highest BCUT2D eigenvalue weighted by Gasteiger charge is 2.32. The Labute approximate surface area is 278 Å². The number of aliphatic hydroxyl groups is 1. The fourth-order valence-electron chi connectivity index (χ4n) is 5.37. The van der Waals surface area contributed by atoms with Crippen LogP contribution in [0.15, 0.2) is 96.4 Å². The van der Waals surface area contributed by atoms with Gasteiger partial charge in [-0.25, -0.2) is 15.4 Å². The zero-order valence-electron chi connectivity index (χ0n) is 26.1. The van der Waals surface area contributed by atoms with Crippen molar-refractivity contribution in [3.63, 3.8) is 0 Å². The lowest BCUT2D eigenvalue weighted by molar-refractivity contribution is -0.245. The third-order valence-corrected chi connectivity index (χ3v) is 8.90. The molecule has 0 radical (unpaired) electrons. The van der Waals surface area contributed by atoms with E-state index < -0.39 is 12.2 Å². The van der Waals surface area contributed by atoms with E-state index in [9.17, 15) is 14.7 Å². The molecule has 3 aromatic carbocycles. The summed E-state index contributed by atoms with van der Waals surface area (Å²) in [5.74, 6) is 0.219. The van der Waals surface area contributed by atoms with E-state index in [4.69, 9.17) is 14.7 Å². The minimum Gasteiger partial charge on any atom is -0.392 e. The zero-order valence-corrected chi connectivity index (χ0v) is 26.9. The van der Waals surface area contributed by atoms with Gasteiger partial charge in [-0.3, -0.25) is 14.8 Å². The Morgan fingerprint density at radius 3 is 2.28 bits per heavy atom. The highest BCUT2D eigenvalue weighted by Crippen LogP contribution is 2.40. The van der Waals surface area contributed by atoms with Crippen molar-refractivity contribution in [2.24, 2.45) is 0 Å². The lowest BCUT2D eigenvalue weighted by Gasteiger charge is -2.36. The number of benzene rings is 3. The van der Waals surface area contributed by atoms with Crippen molar-refractivity contribution in [1.29, 1.82) is 0 Å². The van der Waals surface area contributed by atoms with Crippen LogP contribution in [0.2, 0.25) is 0 Å². The maximum absolute atomic E-state index is 12.4. The molecule has 11 heteroatoms. The Hall–Kier alpha value is -4.13. The monoisotopic (exact) mass is 656 g/mol. The molecule has 2 heterocycles. The Morgan fingerprint density at radius 2 is 1.53 bits per heavy atom.